The van der Waals surface area contributed by atoms with Gasteiger partial charge in [0, 0.05) is 30.2 Å². The average molecular weight is 217 g/mol. The summed E-state index contributed by atoms with van der Waals surface area (Å²) in [7, 11) is 0. The maximum Gasteiger partial charge on any atom is 0.117 e. The molecule has 0 fully saturated rings. The van der Waals surface area contributed by atoms with Gasteiger partial charge in [0.15, 0.2) is 0 Å². The summed E-state index contributed by atoms with van der Waals surface area (Å²) < 4.78 is 0. The number of hydrogen-bond acceptors (Lipinski definition) is 4. The summed E-state index contributed by atoms with van der Waals surface area (Å²) in [5.41, 5.74) is 9.42. The Morgan fingerprint density at radius 3 is 2.75 bits per heavy atom. The van der Waals surface area contributed by atoms with E-state index in [1.165, 1.54) is 0 Å². The van der Waals surface area contributed by atoms with Crippen LogP contribution in [-0.4, -0.2) is 20.2 Å². The minimum absolute atomic E-state index is 0.372. The molecule has 0 aliphatic heterocycles. The van der Waals surface area contributed by atoms with Crippen molar-refractivity contribution in [1.29, 1.82) is 0 Å². The SMILES string of the molecule is CC(C)c1[nH]nc(-c2cnccn2)c1CN. The molecule has 5 heteroatoms. The van der Waals surface area contributed by atoms with Gasteiger partial charge in [0.25, 0.3) is 0 Å². The molecule has 0 atom stereocenters. The van der Waals surface area contributed by atoms with Crippen LogP contribution in [0.3, 0.4) is 0 Å². The standard InChI is InChI=1S/C11H15N5/c1-7(2)10-8(5-12)11(16-15-10)9-6-13-3-4-14-9/h3-4,6-7H,5,12H2,1-2H3,(H,15,16). The lowest BCUT2D eigenvalue weighted by Gasteiger charge is -2.05. The van der Waals surface area contributed by atoms with Crippen LogP contribution in [0.5, 0.6) is 0 Å². The van der Waals surface area contributed by atoms with Crippen LogP contribution in [0.25, 0.3) is 11.4 Å². The number of hydrogen-bond donors (Lipinski definition) is 2. The smallest absolute Gasteiger partial charge is 0.117 e. The van der Waals surface area contributed by atoms with E-state index in [0.717, 1.165) is 22.6 Å². The first-order valence-corrected chi connectivity index (χ1v) is 5.27. The molecule has 0 saturated carbocycles. The predicted molar refractivity (Wildman–Crippen MR) is 61.6 cm³/mol. The van der Waals surface area contributed by atoms with Crippen LogP contribution in [0.15, 0.2) is 18.6 Å². The van der Waals surface area contributed by atoms with Gasteiger partial charge in [-0.25, -0.2) is 0 Å². The number of nitrogens with one attached hydrogen (secondary N) is 1. The van der Waals surface area contributed by atoms with Crippen LogP contribution in [0.2, 0.25) is 0 Å². The molecule has 5 nitrogen and oxygen atoms in total. The molecule has 0 aliphatic rings. The third-order valence-electron chi connectivity index (χ3n) is 2.49. The molecule has 0 amide bonds. The van der Waals surface area contributed by atoms with Crippen molar-refractivity contribution < 1.29 is 0 Å². The van der Waals surface area contributed by atoms with Gasteiger partial charge in [-0.15, -0.1) is 0 Å². The van der Waals surface area contributed by atoms with Gasteiger partial charge in [-0.1, -0.05) is 13.8 Å². The van der Waals surface area contributed by atoms with Gasteiger partial charge in [0.2, 0.25) is 0 Å². The van der Waals surface area contributed by atoms with E-state index >= 15 is 0 Å². The molecule has 2 aromatic rings. The molecule has 2 aromatic heterocycles. The van der Waals surface area contributed by atoms with Crippen molar-refractivity contribution in [3.05, 3.63) is 29.8 Å². The summed E-state index contributed by atoms with van der Waals surface area (Å²) in [6, 6.07) is 0. The van der Waals surface area contributed by atoms with E-state index < -0.39 is 0 Å². The Hall–Kier alpha value is -1.75. The monoisotopic (exact) mass is 217 g/mol. The largest absolute Gasteiger partial charge is 0.326 e. The van der Waals surface area contributed by atoms with Crippen LogP contribution in [0, 0.1) is 0 Å². The van der Waals surface area contributed by atoms with E-state index in [9.17, 15) is 0 Å². The third kappa shape index (κ3) is 1.81. The highest BCUT2D eigenvalue weighted by Crippen LogP contribution is 2.25. The molecule has 0 aromatic carbocycles. The Balaban J connectivity index is 2.50. The fraction of sp³-hybridized carbons (Fsp3) is 0.364. The number of nitrogens with two attached hydrogens (primary N) is 1. The Kier molecular flexibility index (Phi) is 2.96. The molecule has 2 heterocycles. The number of H-pyrrole nitrogens is 1. The highest BCUT2D eigenvalue weighted by Gasteiger charge is 2.16. The highest BCUT2D eigenvalue weighted by molar-refractivity contribution is 5.59. The van der Waals surface area contributed by atoms with Gasteiger partial charge in [-0.3, -0.25) is 15.1 Å². The average Bonchev–Trinajstić information content (AvgIpc) is 2.73. The van der Waals surface area contributed by atoms with Crippen molar-refractivity contribution in [2.75, 3.05) is 0 Å². The summed E-state index contributed by atoms with van der Waals surface area (Å²) >= 11 is 0. The molecule has 0 bridgehead atoms. The molecule has 2 rings (SSSR count). The molecule has 16 heavy (non-hydrogen) atoms. The predicted octanol–water partition coefficient (Wildman–Crippen LogP) is 1.45. The number of aromatic amines is 1. The number of nitrogens with zero attached hydrogens (tertiary/aromatic N) is 3. The lowest BCUT2D eigenvalue weighted by molar-refractivity contribution is 0.794. The number of aromatic nitrogens is 4. The molecule has 0 saturated heterocycles. The fourth-order valence-electron chi connectivity index (χ4n) is 1.70. The molecule has 3 N–H and O–H groups in total. The van der Waals surface area contributed by atoms with Gasteiger partial charge in [0.05, 0.1) is 6.20 Å². The Morgan fingerprint density at radius 1 is 1.38 bits per heavy atom. The summed E-state index contributed by atoms with van der Waals surface area (Å²) in [6.45, 7) is 4.66. The van der Waals surface area contributed by atoms with Gasteiger partial charge >= 0.3 is 0 Å². The zero-order chi connectivity index (χ0) is 11.5. The summed E-state index contributed by atoms with van der Waals surface area (Å²) in [5.74, 6) is 0.372. The molecule has 0 aliphatic carbocycles. The summed E-state index contributed by atoms with van der Waals surface area (Å²) in [5, 5.41) is 7.30. The van der Waals surface area contributed by atoms with Crippen LogP contribution >= 0.6 is 0 Å². The van der Waals surface area contributed by atoms with Crippen LogP contribution in [0.4, 0.5) is 0 Å². The van der Waals surface area contributed by atoms with Crippen molar-refractivity contribution in [1.82, 2.24) is 20.2 Å². The van der Waals surface area contributed by atoms with Crippen LogP contribution < -0.4 is 5.73 Å². The summed E-state index contributed by atoms with van der Waals surface area (Å²) in [6.07, 6.45) is 4.99. The van der Waals surface area contributed by atoms with Crippen LogP contribution in [0.1, 0.15) is 31.0 Å². The minimum atomic E-state index is 0.372. The fourth-order valence-corrected chi connectivity index (χ4v) is 1.70. The molecule has 0 unspecified atom stereocenters. The molecular formula is C11H15N5. The molecule has 0 radical (unpaired) electrons. The first-order chi connectivity index (χ1) is 7.74. The zero-order valence-electron chi connectivity index (χ0n) is 9.44. The van der Waals surface area contributed by atoms with Crippen molar-refractivity contribution in [3.63, 3.8) is 0 Å². The van der Waals surface area contributed by atoms with Gasteiger partial charge in [-0.2, -0.15) is 5.10 Å². The molecule has 84 valence electrons. The maximum absolute atomic E-state index is 5.76. The van der Waals surface area contributed by atoms with Crippen molar-refractivity contribution in [3.8, 4) is 11.4 Å². The van der Waals surface area contributed by atoms with Crippen LogP contribution in [-0.2, 0) is 6.54 Å². The first-order valence-electron chi connectivity index (χ1n) is 5.27. The summed E-state index contributed by atoms with van der Waals surface area (Å²) in [4.78, 5) is 8.26. The van der Waals surface area contributed by atoms with Gasteiger partial charge < -0.3 is 5.73 Å². The van der Waals surface area contributed by atoms with Crippen molar-refractivity contribution in [2.24, 2.45) is 5.73 Å². The highest BCUT2D eigenvalue weighted by atomic mass is 15.1. The lowest BCUT2D eigenvalue weighted by atomic mass is 10.0. The third-order valence-corrected chi connectivity index (χ3v) is 2.49. The second-order valence-electron chi connectivity index (χ2n) is 3.91. The van der Waals surface area contributed by atoms with Gasteiger partial charge in [0.1, 0.15) is 11.4 Å². The van der Waals surface area contributed by atoms with E-state index in [1.54, 1.807) is 18.6 Å². The molecule has 0 spiro atoms. The second-order valence-corrected chi connectivity index (χ2v) is 3.91. The van der Waals surface area contributed by atoms with E-state index in [0.29, 0.717) is 12.5 Å². The van der Waals surface area contributed by atoms with E-state index in [2.05, 4.69) is 34.0 Å². The first kappa shape index (κ1) is 10.8. The number of rotatable bonds is 3. The van der Waals surface area contributed by atoms with Gasteiger partial charge in [-0.05, 0) is 5.92 Å². The second kappa shape index (κ2) is 4.40. The molecular weight excluding hydrogens is 202 g/mol. The Labute approximate surface area is 94.1 Å². The maximum atomic E-state index is 5.76. The zero-order valence-corrected chi connectivity index (χ0v) is 9.44. The van der Waals surface area contributed by atoms with Crippen molar-refractivity contribution in [2.45, 2.75) is 26.3 Å². The van der Waals surface area contributed by atoms with E-state index in [4.69, 9.17) is 5.73 Å². The normalized spacial score (nSPS) is 11.0. The Bertz CT molecular complexity index is 460. The quantitative estimate of drug-likeness (QED) is 0.815. The topological polar surface area (TPSA) is 80.5 Å². The van der Waals surface area contributed by atoms with Crippen molar-refractivity contribution >= 4 is 0 Å². The Morgan fingerprint density at radius 2 is 2.19 bits per heavy atom. The minimum Gasteiger partial charge on any atom is -0.326 e. The van der Waals surface area contributed by atoms with E-state index in [-0.39, 0.29) is 0 Å². The lowest BCUT2D eigenvalue weighted by Crippen LogP contribution is -2.02. The van der Waals surface area contributed by atoms with E-state index in [1.807, 2.05) is 0 Å².